The minimum absolute atomic E-state index is 0. The van der Waals surface area contributed by atoms with Gasteiger partial charge in [-0.3, -0.25) is 14.4 Å². The van der Waals surface area contributed by atoms with Crippen molar-refractivity contribution in [1.82, 2.24) is 0 Å². The number of benzene rings is 1. The minimum atomic E-state index is -4.08. The Labute approximate surface area is 855 Å². The molecular weight excluding hydrogens is 2880 g/mol. The maximum absolute atomic E-state index is 11.8. The van der Waals surface area contributed by atoms with Gasteiger partial charge in [0, 0.05) is 166 Å². The van der Waals surface area contributed by atoms with Crippen molar-refractivity contribution in [3.63, 3.8) is 0 Å². The molecule has 0 heterocycles. The molecule has 96 heavy (non-hydrogen) atoms. The van der Waals surface area contributed by atoms with Gasteiger partial charge in [-0.1, -0.05) is 11.2 Å². The molecular formula is C12H8IKO4S78. The van der Waals surface area contributed by atoms with E-state index in [2.05, 4.69) is 4.74 Å². The van der Waals surface area contributed by atoms with E-state index in [1.54, 1.807) is 28.1 Å². The van der Waals surface area contributed by atoms with Crippen LogP contribution in [-0.2, 0) is 723 Å². The Bertz CT molecular complexity index is 6920. The van der Waals surface area contributed by atoms with Crippen molar-refractivity contribution < 1.29 is 70.5 Å². The van der Waals surface area contributed by atoms with Crippen molar-refractivity contribution >= 4 is 757 Å². The summed E-state index contributed by atoms with van der Waals surface area (Å²) in [6.07, 6.45) is 1.31. The number of rotatable bonds is 27. The first-order valence-corrected chi connectivity index (χ1v) is 123. The van der Waals surface area contributed by atoms with Gasteiger partial charge in [0.1, 0.15) is 5.75 Å². The number of ketones is 2. The summed E-state index contributed by atoms with van der Waals surface area (Å²) in [5.74, 6) is -0.166. The molecule has 2 rings (SSSR count). The fourth-order valence-electron chi connectivity index (χ4n) is 4.02. The van der Waals surface area contributed by atoms with Crippen LogP contribution in [0.15, 0.2) is 29.8 Å². The first-order valence-electron chi connectivity index (χ1n) is 17.6. The number of halogens is 1. The van der Waals surface area contributed by atoms with E-state index in [1.807, 2.05) is 0 Å². The number of carbonyl (C=O) groups is 3. The average Bonchev–Trinajstić information content (AvgIpc) is 0.684. The van der Waals surface area contributed by atoms with E-state index < -0.39 is 136 Å². The van der Waals surface area contributed by atoms with Crippen LogP contribution in [0.2, 0.25) is 0 Å². The summed E-state index contributed by atoms with van der Waals surface area (Å²) in [5.41, 5.74) is 1.01. The van der Waals surface area contributed by atoms with E-state index in [4.69, 9.17) is 582 Å². The smallest absolute Gasteiger partial charge is 0.700 e. The zero-order valence-electron chi connectivity index (χ0n) is 41.7. The first-order chi connectivity index (χ1) is 40.6. The van der Waals surface area contributed by atoms with Crippen LogP contribution in [0.25, 0.3) is 0 Å². The number of carbonyl (C=O) groups excluding carboxylic acids is 3. The molecule has 4 nitrogen and oxygen atoms in total. The largest absolute Gasteiger partial charge is 1.00 e. The molecule has 0 saturated heterocycles. The summed E-state index contributed by atoms with van der Waals surface area (Å²) in [4.78, 5) is 33.5. The third-order valence-corrected chi connectivity index (χ3v) is 509. The number of allylic oxidation sites excluding steroid dienone is 2. The normalized spacial score (nSPS) is 16.6. The van der Waals surface area contributed by atoms with Crippen LogP contribution < -0.4 is 56.1 Å². The van der Waals surface area contributed by atoms with Crippen LogP contribution in [0.3, 0.4) is 0 Å². The van der Waals surface area contributed by atoms with Gasteiger partial charge in [0.15, 0.2) is 11.6 Å². The molecule has 0 bridgehead atoms. The molecule has 1 aromatic carbocycles. The third kappa shape index (κ3) is 19.7. The van der Waals surface area contributed by atoms with Crippen molar-refractivity contribution in [3.05, 3.63) is 41.0 Å². The second kappa shape index (κ2) is 39.0. The molecule has 1 atom stereocenters. The summed E-state index contributed by atoms with van der Waals surface area (Å²) in [5, 5.41) is -91.8. The molecule has 1 aromatic rings. The molecule has 0 saturated carbocycles. The van der Waals surface area contributed by atoms with Crippen LogP contribution in [0.5, 0.6) is 5.75 Å². The Hall–Kier alpha value is 20.8. The summed E-state index contributed by atoms with van der Waals surface area (Å²) in [6.45, 7) is 1.86. The molecule has 1 aliphatic rings. The molecule has 0 fully saturated rings. The van der Waals surface area contributed by atoms with Gasteiger partial charge >= 0.3 is 51.4 Å². The van der Waals surface area contributed by atoms with Crippen molar-refractivity contribution in [2.45, 2.75) is 6.92 Å². The molecule has 0 aromatic heterocycles. The molecule has 0 aliphatic heterocycles. The Morgan fingerprint density at radius 1 is 0.344 bits per heavy atom. The van der Waals surface area contributed by atoms with Crippen molar-refractivity contribution in [3.8, 4) is 5.75 Å². The zero-order valence-corrected chi connectivity index (χ0v) is 111. The first kappa shape index (κ1) is 117. The monoisotopic (exact) mass is 2880 g/mol. The minimum Gasteiger partial charge on any atom is -0.700 e. The predicted molar refractivity (Wildman–Crippen MR) is 644 cm³/mol. The number of hydrogen-bond acceptors (Lipinski definition) is 56. The van der Waals surface area contributed by atoms with E-state index >= 15 is 0 Å². The van der Waals surface area contributed by atoms with Gasteiger partial charge in [0.05, 0.1) is 0 Å². The SMILES string of the molecule is CC1=CC(=O)c2ccc(OC=O)cc2C1=O.S=S([S-])S(=S)(=S)S(=S)(=S)S(=S)(=S)S(=S)(=S)S(=S)(=S)S(=S)(=S)S(=S)(=S)S(=S)(=S)S(=S)(=S)S(=S)(=S)S(=S)(=S)S(=S)(=S)S(=S)(=S)S(=S)(=S)S(=S)(=S)S(=S)(=S)S(=S)(=S)S(=S)(=S)S(=S)(=S)S(=S)(=S)S(=S)(=S)S(=S)(=S)S(=S)(=S)S(=S)(=S)S(=S)(=S)I.[K+]. The summed E-state index contributed by atoms with van der Waals surface area (Å²) >= 11 is 313. The van der Waals surface area contributed by atoms with Crippen LogP contribution in [0.1, 0.15) is 27.6 Å². The van der Waals surface area contributed by atoms with Crippen molar-refractivity contribution in [2.75, 3.05) is 0 Å². The van der Waals surface area contributed by atoms with Gasteiger partial charge in [-0.15, -0.1) is 0 Å². The Morgan fingerprint density at radius 3 is 0.708 bits per heavy atom. The van der Waals surface area contributed by atoms with Crippen LogP contribution in [0.4, 0.5) is 0 Å². The topological polar surface area (TPSA) is 60.4 Å². The average molecular weight is 2880 g/mol. The molecule has 0 amide bonds. The van der Waals surface area contributed by atoms with E-state index in [9.17, 15) is 14.4 Å². The summed E-state index contributed by atoms with van der Waals surface area (Å²) in [6, 6.07) is 4.37. The predicted octanol–water partition coefficient (Wildman–Crippen LogP) is -0.750. The van der Waals surface area contributed by atoms with Crippen LogP contribution in [0, 0.1) is 0 Å². The Morgan fingerprint density at radius 2 is 0.531 bits per heavy atom. The van der Waals surface area contributed by atoms with E-state index in [-0.39, 0.29) is 80.7 Å². The Kier molecular flexibility index (Phi) is 47.5. The standard InChI is InChI=1S/C12H8O4.HIS78.K/c1-7-4-11(14)9-3-2-8(16-6-13)5-10(9)12(7)15;1-55(4,5)57(8,9)59(12,13)61(16,17)63(20,21)65(24,25)67(28,29)69(32,33)71(36,37)73(40,41)75(44,45)77(48,49)79(52,53)78(50,51)76(46,47)74(42,43)72(38,39)70(34,35)68(30,31)66(26,27)64(22,23)62(18,19)60(14,15)58(10,11)56(6,7)54(2)3;/h2-6H,1H3;(H,2,3);/q;;+1/p-1. The molecule has 0 radical (unpaired) electrons. The molecule has 556 valence electrons. The van der Waals surface area contributed by atoms with Gasteiger partial charge < -0.3 is 16.4 Å². The summed E-state index contributed by atoms with van der Waals surface area (Å²) < 4.78 is 1.90. The second-order valence-corrected chi connectivity index (χ2v) is 290. The van der Waals surface area contributed by atoms with E-state index in [0.717, 1.165) is 0 Å². The second-order valence-electron chi connectivity index (χ2n) is 13.8. The van der Waals surface area contributed by atoms with E-state index in [1.165, 1.54) is 24.3 Å². The van der Waals surface area contributed by atoms with Crippen molar-refractivity contribution in [2.24, 2.45) is 0 Å². The fourth-order valence-corrected chi connectivity index (χ4v) is 597. The van der Waals surface area contributed by atoms with Gasteiger partial charge in [-0.2, -0.15) is 7.52 Å². The zero-order chi connectivity index (χ0) is 77.8. The van der Waals surface area contributed by atoms with Gasteiger partial charge in [-0.25, -0.2) is 0 Å². The summed E-state index contributed by atoms with van der Waals surface area (Å²) in [7, 11) is -1.57. The molecule has 0 spiro atoms. The fraction of sp³-hybridized carbons (Fsp3) is 0.0833. The molecule has 84 heteroatoms. The van der Waals surface area contributed by atoms with Gasteiger partial charge in [0.2, 0.25) is 0 Å². The van der Waals surface area contributed by atoms with Crippen LogP contribution >= 0.6 is 21.2 Å². The Balaban J connectivity index is 0.00000456. The quantitative estimate of drug-likeness (QED) is 0.0278. The van der Waals surface area contributed by atoms with Gasteiger partial charge in [0.25, 0.3) is 6.47 Å². The number of hydrogen-bond donors (Lipinski definition) is 0. The van der Waals surface area contributed by atoms with Gasteiger partial charge in [-0.05, 0) is 591 Å². The number of Topliss-reactive ketones (excluding diaryl/α,β-unsaturated/α-hetero) is 1. The van der Waals surface area contributed by atoms with E-state index in [0.29, 0.717) is 11.1 Å². The molecule has 1 aliphatic carbocycles. The third-order valence-electron chi connectivity index (χ3n) is 8.55. The maximum Gasteiger partial charge on any atom is 1.00 e. The molecule has 0 N–H and O–H groups in total. The van der Waals surface area contributed by atoms with Crippen molar-refractivity contribution in [1.29, 1.82) is 0 Å². The number of fused-ring (bicyclic) bond motifs is 1. The number of ether oxygens (including phenoxy) is 1. The molecule has 1 unspecified atom stereocenters. The van der Waals surface area contributed by atoms with Crippen LogP contribution in [-0.4, -0.2) is 18.0 Å². The maximum atomic E-state index is 11.8.